The molecular weight excluding hydrogens is 287 g/mol. The first-order chi connectivity index (χ1) is 9.24. The summed E-state index contributed by atoms with van der Waals surface area (Å²) in [5, 5.41) is 16.8. The Morgan fingerprint density at radius 3 is 2.50 bits per heavy atom. The highest BCUT2D eigenvalue weighted by Gasteiger charge is 2.44. The van der Waals surface area contributed by atoms with E-state index in [4.69, 9.17) is 10.2 Å². The van der Waals surface area contributed by atoms with Crippen molar-refractivity contribution in [2.24, 2.45) is 10.6 Å². The summed E-state index contributed by atoms with van der Waals surface area (Å²) in [7, 11) is -3.95. The zero-order valence-corrected chi connectivity index (χ0v) is 11.4. The van der Waals surface area contributed by atoms with Gasteiger partial charge in [0.1, 0.15) is 5.82 Å². The van der Waals surface area contributed by atoms with Crippen LogP contribution in [-0.4, -0.2) is 26.0 Å². The van der Waals surface area contributed by atoms with E-state index >= 15 is 0 Å². The van der Waals surface area contributed by atoms with Crippen molar-refractivity contribution in [2.75, 3.05) is 11.9 Å². The Balaban J connectivity index is 2.13. The van der Waals surface area contributed by atoms with Gasteiger partial charge in [-0.1, -0.05) is 6.42 Å². The van der Waals surface area contributed by atoms with Gasteiger partial charge in [0, 0.05) is 6.54 Å². The van der Waals surface area contributed by atoms with Crippen LogP contribution in [0.25, 0.3) is 0 Å². The predicted octanol–water partition coefficient (Wildman–Crippen LogP) is 1.14. The minimum absolute atomic E-state index is 0.0601. The zero-order valence-electron chi connectivity index (χ0n) is 10.6. The van der Waals surface area contributed by atoms with Crippen molar-refractivity contribution in [1.29, 1.82) is 0 Å². The highest BCUT2D eigenvalue weighted by molar-refractivity contribution is 7.89. The Morgan fingerprint density at radius 1 is 1.45 bits per heavy atom. The number of benzene rings is 1. The second kappa shape index (κ2) is 5.02. The molecule has 1 saturated carbocycles. The molecule has 1 fully saturated rings. The van der Waals surface area contributed by atoms with E-state index < -0.39 is 27.2 Å². The summed E-state index contributed by atoms with van der Waals surface area (Å²) >= 11 is 0. The molecule has 0 heterocycles. The van der Waals surface area contributed by atoms with E-state index in [1.807, 2.05) is 0 Å². The van der Waals surface area contributed by atoms with E-state index in [9.17, 15) is 17.6 Å². The summed E-state index contributed by atoms with van der Waals surface area (Å²) in [5.41, 5.74) is -0.796. The van der Waals surface area contributed by atoms with Crippen molar-refractivity contribution >= 4 is 21.7 Å². The number of hydrogen-bond acceptors (Lipinski definition) is 4. The van der Waals surface area contributed by atoms with Gasteiger partial charge in [0.25, 0.3) is 0 Å². The van der Waals surface area contributed by atoms with E-state index in [0.29, 0.717) is 12.8 Å². The molecule has 0 aromatic heterocycles. The van der Waals surface area contributed by atoms with Crippen LogP contribution in [0, 0.1) is 11.2 Å². The minimum Gasteiger partial charge on any atom is -0.481 e. The summed E-state index contributed by atoms with van der Waals surface area (Å²) in [6, 6.07) is 3.23. The lowest BCUT2D eigenvalue weighted by Crippen LogP contribution is -2.43. The number of sulfonamides is 1. The molecule has 110 valence electrons. The standard InChI is InChI=1S/C12H15FN2O4S/c13-9-6-8(20(14,18)19)2-3-10(9)15-7-12(11(16)17)4-1-5-12/h2-3,6,15H,1,4-5,7H2,(H,16,17)(H2,14,18,19). The number of carboxylic acid groups (broad SMARTS) is 1. The highest BCUT2D eigenvalue weighted by atomic mass is 32.2. The number of primary sulfonamides is 1. The van der Waals surface area contributed by atoms with Gasteiger partial charge in [0.05, 0.1) is 16.0 Å². The quantitative estimate of drug-likeness (QED) is 0.755. The molecule has 4 N–H and O–H groups in total. The molecule has 0 radical (unpaired) electrons. The van der Waals surface area contributed by atoms with E-state index in [1.54, 1.807) is 0 Å². The van der Waals surface area contributed by atoms with Gasteiger partial charge in [0.15, 0.2) is 0 Å². The number of nitrogens with two attached hydrogens (primary N) is 1. The van der Waals surface area contributed by atoms with Gasteiger partial charge in [-0.25, -0.2) is 17.9 Å². The molecule has 0 bridgehead atoms. The van der Waals surface area contributed by atoms with Crippen molar-refractivity contribution < 1.29 is 22.7 Å². The minimum atomic E-state index is -3.95. The normalized spacial score (nSPS) is 17.3. The number of carbonyl (C=O) groups is 1. The van der Waals surface area contributed by atoms with Gasteiger partial charge >= 0.3 is 5.97 Å². The van der Waals surface area contributed by atoms with Gasteiger partial charge in [-0.2, -0.15) is 0 Å². The molecule has 0 aliphatic heterocycles. The SMILES string of the molecule is NS(=O)(=O)c1ccc(NCC2(C(=O)O)CCC2)c(F)c1. The largest absolute Gasteiger partial charge is 0.481 e. The summed E-state index contributed by atoms with van der Waals surface area (Å²) in [6.07, 6.45) is 1.93. The molecule has 1 aromatic rings. The summed E-state index contributed by atoms with van der Waals surface area (Å²) in [6.45, 7) is 0.105. The maximum absolute atomic E-state index is 13.7. The maximum atomic E-state index is 13.7. The van der Waals surface area contributed by atoms with Crippen molar-refractivity contribution in [2.45, 2.75) is 24.2 Å². The van der Waals surface area contributed by atoms with Gasteiger partial charge in [-0.15, -0.1) is 0 Å². The van der Waals surface area contributed by atoms with Crippen LogP contribution < -0.4 is 10.5 Å². The molecule has 1 aromatic carbocycles. The predicted molar refractivity (Wildman–Crippen MR) is 70.2 cm³/mol. The lowest BCUT2D eigenvalue weighted by Gasteiger charge is -2.37. The van der Waals surface area contributed by atoms with Crippen LogP contribution in [0.15, 0.2) is 23.1 Å². The third-order valence-corrected chi connectivity index (χ3v) is 4.56. The van der Waals surface area contributed by atoms with Crippen molar-refractivity contribution in [3.05, 3.63) is 24.0 Å². The van der Waals surface area contributed by atoms with Gasteiger partial charge in [-0.05, 0) is 31.0 Å². The Labute approximate surface area is 115 Å². The average Bonchev–Trinajstić information content (AvgIpc) is 2.27. The first-order valence-corrected chi connectivity index (χ1v) is 7.59. The number of carboxylic acids is 1. The second-order valence-electron chi connectivity index (χ2n) is 4.98. The van der Waals surface area contributed by atoms with Crippen LogP contribution in [0.3, 0.4) is 0 Å². The monoisotopic (exact) mass is 302 g/mol. The van der Waals surface area contributed by atoms with Crippen molar-refractivity contribution in [1.82, 2.24) is 0 Å². The molecular formula is C12H15FN2O4S. The summed E-state index contributed by atoms with van der Waals surface area (Å²) < 4.78 is 35.9. The number of halogens is 1. The van der Waals surface area contributed by atoms with Crippen LogP contribution in [0.4, 0.5) is 10.1 Å². The van der Waals surface area contributed by atoms with E-state index in [0.717, 1.165) is 12.5 Å². The number of anilines is 1. The van der Waals surface area contributed by atoms with Crippen LogP contribution >= 0.6 is 0 Å². The topological polar surface area (TPSA) is 109 Å². The molecule has 1 aliphatic carbocycles. The van der Waals surface area contributed by atoms with Crippen LogP contribution in [-0.2, 0) is 14.8 Å². The van der Waals surface area contributed by atoms with Crippen LogP contribution in [0.5, 0.6) is 0 Å². The molecule has 0 spiro atoms. The van der Waals surface area contributed by atoms with Crippen LogP contribution in [0.2, 0.25) is 0 Å². The number of hydrogen-bond donors (Lipinski definition) is 3. The lowest BCUT2D eigenvalue weighted by atomic mass is 9.69. The average molecular weight is 302 g/mol. The third kappa shape index (κ3) is 2.75. The molecule has 0 unspecified atom stereocenters. The number of aliphatic carboxylic acids is 1. The molecule has 8 heteroatoms. The first-order valence-electron chi connectivity index (χ1n) is 6.04. The van der Waals surface area contributed by atoms with Crippen molar-refractivity contribution in [3.8, 4) is 0 Å². The van der Waals surface area contributed by atoms with Gasteiger partial charge in [0.2, 0.25) is 10.0 Å². The number of rotatable bonds is 5. The van der Waals surface area contributed by atoms with Gasteiger partial charge in [-0.3, -0.25) is 4.79 Å². The third-order valence-electron chi connectivity index (χ3n) is 3.65. The molecule has 2 rings (SSSR count). The summed E-state index contributed by atoms with van der Waals surface area (Å²) in [5.74, 6) is -1.69. The molecule has 0 saturated heterocycles. The first kappa shape index (κ1) is 14.7. The Hall–Kier alpha value is -1.67. The van der Waals surface area contributed by atoms with E-state index in [2.05, 4.69) is 5.32 Å². The second-order valence-corrected chi connectivity index (χ2v) is 6.54. The molecule has 0 atom stereocenters. The molecule has 1 aliphatic rings. The summed E-state index contributed by atoms with van der Waals surface area (Å²) in [4.78, 5) is 10.8. The maximum Gasteiger partial charge on any atom is 0.311 e. The smallest absolute Gasteiger partial charge is 0.311 e. The Morgan fingerprint density at radius 2 is 2.10 bits per heavy atom. The van der Waals surface area contributed by atoms with Crippen LogP contribution in [0.1, 0.15) is 19.3 Å². The Kier molecular flexibility index (Phi) is 3.70. The Bertz CT molecular complexity index is 641. The lowest BCUT2D eigenvalue weighted by molar-refractivity contribution is -0.153. The fourth-order valence-corrected chi connectivity index (χ4v) is 2.68. The van der Waals surface area contributed by atoms with Crippen molar-refractivity contribution in [3.63, 3.8) is 0 Å². The van der Waals surface area contributed by atoms with E-state index in [-0.39, 0.29) is 17.1 Å². The molecule has 20 heavy (non-hydrogen) atoms. The number of nitrogens with one attached hydrogen (secondary N) is 1. The fourth-order valence-electron chi connectivity index (χ4n) is 2.15. The highest BCUT2D eigenvalue weighted by Crippen LogP contribution is 2.41. The zero-order chi connectivity index (χ0) is 15.0. The molecule has 6 nitrogen and oxygen atoms in total. The van der Waals surface area contributed by atoms with Gasteiger partial charge < -0.3 is 10.4 Å². The molecule has 0 amide bonds. The van der Waals surface area contributed by atoms with E-state index in [1.165, 1.54) is 12.1 Å². The fraction of sp³-hybridized carbons (Fsp3) is 0.417.